The molecular formula is C24H29N3O6. The van der Waals surface area contributed by atoms with Gasteiger partial charge in [-0.25, -0.2) is 0 Å². The lowest BCUT2D eigenvalue weighted by molar-refractivity contribution is -0.121. The summed E-state index contributed by atoms with van der Waals surface area (Å²) in [6, 6.07) is 10.8. The van der Waals surface area contributed by atoms with E-state index in [1.165, 1.54) is 0 Å². The maximum atomic E-state index is 12.5. The summed E-state index contributed by atoms with van der Waals surface area (Å²) in [6.45, 7) is 4.42. The Hall–Kier alpha value is -3.75. The number of hydrogen-bond acceptors (Lipinski definition) is 8. The molecule has 0 bridgehead atoms. The molecule has 1 atom stereocenters. The summed E-state index contributed by atoms with van der Waals surface area (Å²) in [4.78, 5) is 16.9. The van der Waals surface area contributed by atoms with Gasteiger partial charge < -0.3 is 28.8 Å². The van der Waals surface area contributed by atoms with Gasteiger partial charge in [-0.3, -0.25) is 4.79 Å². The first-order chi connectivity index (χ1) is 16.0. The molecule has 0 fully saturated rings. The van der Waals surface area contributed by atoms with E-state index in [0.717, 1.165) is 16.9 Å². The topological polar surface area (TPSA) is 105 Å². The van der Waals surface area contributed by atoms with Gasteiger partial charge in [0.25, 0.3) is 0 Å². The number of amides is 1. The van der Waals surface area contributed by atoms with Crippen LogP contribution in [0.2, 0.25) is 0 Å². The van der Waals surface area contributed by atoms with Crippen molar-refractivity contribution in [3.63, 3.8) is 0 Å². The molecule has 0 saturated carbocycles. The first-order valence-electron chi connectivity index (χ1n) is 10.6. The van der Waals surface area contributed by atoms with Gasteiger partial charge in [-0.05, 0) is 55.8 Å². The van der Waals surface area contributed by atoms with Crippen molar-refractivity contribution < 1.29 is 28.3 Å². The van der Waals surface area contributed by atoms with Gasteiger partial charge in [0.15, 0.2) is 11.5 Å². The molecule has 3 rings (SSSR count). The van der Waals surface area contributed by atoms with Gasteiger partial charge in [0.1, 0.15) is 5.75 Å². The van der Waals surface area contributed by atoms with Crippen LogP contribution < -0.4 is 24.3 Å². The Labute approximate surface area is 193 Å². The highest BCUT2D eigenvalue weighted by molar-refractivity contribution is 5.76. The van der Waals surface area contributed by atoms with Crippen molar-refractivity contribution in [3.8, 4) is 34.4 Å². The number of ether oxygens (including phenoxy) is 4. The van der Waals surface area contributed by atoms with Gasteiger partial charge >= 0.3 is 0 Å². The Morgan fingerprint density at radius 2 is 1.73 bits per heavy atom. The van der Waals surface area contributed by atoms with Crippen LogP contribution in [-0.4, -0.2) is 44.0 Å². The fourth-order valence-electron chi connectivity index (χ4n) is 3.31. The molecule has 9 heteroatoms. The zero-order valence-electron chi connectivity index (χ0n) is 19.5. The van der Waals surface area contributed by atoms with Crippen molar-refractivity contribution >= 4 is 5.91 Å². The van der Waals surface area contributed by atoms with Crippen LogP contribution in [0, 0.1) is 0 Å². The highest BCUT2D eigenvalue weighted by atomic mass is 16.5. The number of nitrogens with one attached hydrogen (secondary N) is 1. The van der Waals surface area contributed by atoms with Gasteiger partial charge in [-0.1, -0.05) is 5.16 Å². The molecule has 0 aliphatic heterocycles. The third-order valence-electron chi connectivity index (χ3n) is 5.02. The number of methoxy groups -OCH3 is 3. The van der Waals surface area contributed by atoms with E-state index in [1.54, 1.807) is 21.3 Å². The van der Waals surface area contributed by atoms with E-state index >= 15 is 0 Å². The van der Waals surface area contributed by atoms with Crippen LogP contribution in [0.1, 0.15) is 37.8 Å². The Morgan fingerprint density at radius 3 is 2.30 bits per heavy atom. The highest BCUT2D eigenvalue weighted by Gasteiger charge is 2.18. The Morgan fingerprint density at radius 1 is 1.06 bits per heavy atom. The average molecular weight is 456 g/mol. The van der Waals surface area contributed by atoms with Crippen LogP contribution in [0.15, 0.2) is 40.9 Å². The van der Waals surface area contributed by atoms with Crippen molar-refractivity contribution in [1.29, 1.82) is 0 Å². The first-order valence-corrected chi connectivity index (χ1v) is 10.6. The molecule has 2 aromatic carbocycles. The van der Waals surface area contributed by atoms with E-state index in [4.69, 9.17) is 23.5 Å². The smallest absolute Gasteiger partial charge is 0.227 e. The normalized spacial score (nSPS) is 11.5. The maximum absolute atomic E-state index is 12.5. The number of rotatable bonds is 11. The summed E-state index contributed by atoms with van der Waals surface area (Å²) in [5.41, 5.74) is 1.64. The third-order valence-corrected chi connectivity index (χ3v) is 5.02. The number of hydrogen-bond donors (Lipinski definition) is 1. The zero-order valence-corrected chi connectivity index (χ0v) is 19.5. The lowest BCUT2D eigenvalue weighted by atomic mass is 10.1. The molecule has 1 N–H and O–H groups in total. The van der Waals surface area contributed by atoms with Gasteiger partial charge in [0.2, 0.25) is 23.4 Å². The number of carbonyl (C=O) groups is 1. The summed E-state index contributed by atoms with van der Waals surface area (Å²) in [5.74, 6) is 3.07. The van der Waals surface area contributed by atoms with Gasteiger partial charge in [-0.2, -0.15) is 4.98 Å². The van der Waals surface area contributed by atoms with E-state index in [2.05, 4.69) is 15.5 Å². The molecular weight excluding hydrogens is 426 g/mol. The molecule has 176 valence electrons. The summed E-state index contributed by atoms with van der Waals surface area (Å²) < 4.78 is 26.9. The van der Waals surface area contributed by atoms with Gasteiger partial charge in [-0.15, -0.1) is 0 Å². The molecule has 0 radical (unpaired) electrons. The van der Waals surface area contributed by atoms with Crippen LogP contribution >= 0.6 is 0 Å². The summed E-state index contributed by atoms with van der Waals surface area (Å²) >= 11 is 0. The second-order valence-corrected chi connectivity index (χ2v) is 7.22. The molecule has 0 aliphatic rings. The van der Waals surface area contributed by atoms with Crippen molar-refractivity contribution in [2.24, 2.45) is 0 Å². The number of nitrogens with zero attached hydrogens (tertiary/aromatic N) is 2. The summed E-state index contributed by atoms with van der Waals surface area (Å²) in [6.07, 6.45) is 0.539. The van der Waals surface area contributed by atoms with Crippen molar-refractivity contribution in [3.05, 3.63) is 47.9 Å². The van der Waals surface area contributed by atoms with E-state index in [0.29, 0.717) is 42.0 Å². The highest BCUT2D eigenvalue weighted by Crippen LogP contribution is 2.39. The first kappa shape index (κ1) is 23.9. The van der Waals surface area contributed by atoms with Crippen LogP contribution in [0.4, 0.5) is 0 Å². The molecule has 0 aliphatic carbocycles. The van der Waals surface area contributed by atoms with Crippen molar-refractivity contribution in [2.45, 2.75) is 32.7 Å². The predicted molar refractivity (Wildman–Crippen MR) is 122 cm³/mol. The molecule has 1 heterocycles. The Kier molecular flexibility index (Phi) is 8.12. The average Bonchev–Trinajstić information content (AvgIpc) is 3.31. The number of aryl methyl sites for hydroxylation is 1. The number of benzene rings is 2. The predicted octanol–water partition coefficient (Wildman–Crippen LogP) is 3.97. The van der Waals surface area contributed by atoms with E-state index in [1.807, 2.05) is 50.2 Å². The van der Waals surface area contributed by atoms with E-state index < -0.39 is 0 Å². The van der Waals surface area contributed by atoms with E-state index in [9.17, 15) is 4.79 Å². The van der Waals surface area contributed by atoms with Gasteiger partial charge in [0.05, 0.1) is 34.0 Å². The molecule has 9 nitrogen and oxygen atoms in total. The minimum Gasteiger partial charge on any atom is -0.494 e. The Bertz CT molecular complexity index is 1040. The molecule has 3 aromatic rings. The quantitative estimate of drug-likeness (QED) is 0.463. The van der Waals surface area contributed by atoms with Crippen molar-refractivity contribution in [2.75, 3.05) is 27.9 Å². The minimum absolute atomic E-state index is 0.142. The van der Waals surface area contributed by atoms with Crippen LogP contribution in [0.3, 0.4) is 0 Å². The fourth-order valence-corrected chi connectivity index (χ4v) is 3.31. The second-order valence-electron chi connectivity index (χ2n) is 7.22. The lowest BCUT2D eigenvalue weighted by Gasteiger charge is -2.18. The number of aromatic nitrogens is 2. The number of carbonyl (C=O) groups excluding carboxylic acids is 1. The van der Waals surface area contributed by atoms with Crippen LogP contribution in [0.25, 0.3) is 11.4 Å². The summed E-state index contributed by atoms with van der Waals surface area (Å²) in [5, 5.41) is 6.97. The molecule has 33 heavy (non-hydrogen) atoms. The molecule has 1 aromatic heterocycles. The molecule has 0 spiro atoms. The standard InChI is InChI=1S/C24H29N3O6/c1-6-32-18-9-7-16(8-10-18)24-26-22(33-27-24)12-11-21(28)25-15(2)17-13-19(29-3)23(31-5)20(14-17)30-4/h7-10,13-15H,6,11-12H2,1-5H3,(H,25,28). The third kappa shape index (κ3) is 5.94. The monoisotopic (exact) mass is 455 g/mol. The van der Waals surface area contributed by atoms with Crippen LogP contribution in [-0.2, 0) is 11.2 Å². The van der Waals surface area contributed by atoms with Gasteiger partial charge in [0, 0.05) is 18.4 Å². The molecule has 1 unspecified atom stereocenters. The Balaban J connectivity index is 1.58. The SMILES string of the molecule is CCOc1ccc(-c2noc(CCC(=O)NC(C)c3cc(OC)c(OC)c(OC)c3)n2)cc1. The molecule has 1 amide bonds. The second kappa shape index (κ2) is 11.2. The van der Waals surface area contributed by atoms with Crippen molar-refractivity contribution in [1.82, 2.24) is 15.5 Å². The minimum atomic E-state index is -0.270. The summed E-state index contributed by atoms with van der Waals surface area (Å²) in [7, 11) is 4.65. The van der Waals surface area contributed by atoms with E-state index in [-0.39, 0.29) is 18.4 Å². The largest absolute Gasteiger partial charge is 0.494 e. The maximum Gasteiger partial charge on any atom is 0.227 e. The molecule has 0 saturated heterocycles. The zero-order chi connectivity index (χ0) is 23.8. The fraction of sp³-hybridized carbons (Fsp3) is 0.375. The van der Waals surface area contributed by atoms with Crippen LogP contribution in [0.5, 0.6) is 23.0 Å². The lowest BCUT2D eigenvalue weighted by Crippen LogP contribution is -2.27.